The Morgan fingerprint density at radius 3 is 2.62 bits per heavy atom. The van der Waals surface area contributed by atoms with Gasteiger partial charge < -0.3 is 15.0 Å². The molecule has 21 heavy (non-hydrogen) atoms. The monoisotopic (exact) mass is 368 g/mol. The average molecular weight is 369 g/mol. The van der Waals surface area contributed by atoms with E-state index < -0.39 is 0 Å². The van der Waals surface area contributed by atoms with Gasteiger partial charge in [0.1, 0.15) is 5.75 Å². The van der Waals surface area contributed by atoms with E-state index in [2.05, 4.69) is 65.4 Å². The van der Waals surface area contributed by atoms with Crippen LogP contribution in [0.1, 0.15) is 15.3 Å². The highest BCUT2D eigenvalue weighted by molar-refractivity contribution is 9.10. The molecule has 0 aliphatic rings. The van der Waals surface area contributed by atoms with E-state index in [1.54, 1.807) is 18.4 Å². The van der Waals surface area contributed by atoms with Crippen LogP contribution in [0.25, 0.3) is 0 Å². The highest BCUT2D eigenvalue weighted by Gasteiger charge is 2.07. The van der Waals surface area contributed by atoms with Gasteiger partial charge in [-0.05, 0) is 60.7 Å². The number of nitrogens with one attached hydrogen (secondary N) is 1. The molecule has 0 unspecified atom stereocenters. The number of benzene rings is 1. The number of hydrogen-bond acceptors (Lipinski definition) is 4. The second-order valence-corrected chi connectivity index (χ2v) is 7.44. The van der Waals surface area contributed by atoms with Crippen LogP contribution in [0.4, 0.5) is 5.69 Å². The standard InChI is InChI=1S/C16H21BrN2OS/c1-11-14(17)8-13(21-11)9-18-15-7-12(10-19(2)3)5-6-16(15)20-4/h5-8,18H,9-10H2,1-4H3. The third-order valence-corrected chi connectivity index (χ3v) is 5.26. The maximum Gasteiger partial charge on any atom is 0.141 e. The molecule has 1 aromatic carbocycles. The predicted molar refractivity (Wildman–Crippen MR) is 94.5 cm³/mol. The number of aryl methyl sites for hydroxylation is 1. The fraction of sp³-hybridized carbons (Fsp3) is 0.375. The molecule has 0 radical (unpaired) electrons. The number of nitrogens with zero attached hydrogens (tertiary/aromatic N) is 1. The minimum Gasteiger partial charge on any atom is -0.495 e. The summed E-state index contributed by atoms with van der Waals surface area (Å²) in [6.45, 7) is 3.84. The summed E-state index contributed by atoms with van der Waals surface area (Å²) in [5, 5.41) is 3.48. The van der Waals surface area contributed by atoms with Gasteiger partial charge in [-0.15, -0.1) is 11.3 Å². The molecule has 0 atom stereocenters. The molecular weight excluding hydrogens is 348 g/mol. The van der Waals surface area contributed by atoms with Crippen LogP contribution in [0, 0.1) is 6.92 Å². The first-order chi connectivity index (χ1) is 9.99. The largest absolute Gasteiger partial charge is 0.495 e. The zero-order valence-corrected chi connectivity index (χ0v) is 15.3. The molecule has 2 aromatic rings. The smallest absolute Gasteiger partial charge is 0.141 e. The molecule has 0 amide bonds. The van der Waals surface area contributed by atoms with Gasteiger partial charge in [-0.2, -0.15) is 0 Å². The van der Waals surface area contributed by atoms with Crippen LogP contribution >= 0.6 is 27.3 Å². The van der Waals surface area contributed by atoms with Crippen LogP contribution in [0.2, 0.25) is 0 Å². The van der Waals surface area contributed by atoms with Gasteiger partial charge in [0.25, 0.3) is 0 Å². The number of hydrogen-bond donors (Lipinski definition) is 1. The Hall–Kier alpha value is -1.04. The quantitative estimate of drug-likeness (QED) is 0.811. The fourth-order valence-electron chi connectivity index (χ4n) is 2.14. The molecule has 0 aliphatic heterocycles. The molecule has 0 bridgehead atoms. The predicted octanol–water partition coefficient (Wildman–Crippen LogP) is 4.50. The van der Waals surface area contributed by atoms with E-state index in [9.17, 15) is 0 Å². The third-order valence-electron chi connectivity index (χ3n) is 3.12. The number of ether oxygens (including phenoxy) is 1. The van der Waals surface area contributed by atoms with Crippen LogP contribution in [0.5, 0.6) is 5.75 Å². The maximum atomic E-state index is 5.44. The molecule has 114 valence electrons. The first-order valence-electron chi connectivity index (χ1n) is 6.80. The zero-order chi connectivity index (χ0) is 15.4. The van der Waals surface area contributed by atoms with Crippen molar-refractivity contribution in [2.24, 2.45) is 0 Å². The van der Waals surface area contributed by atoms with Gasteiger partial charge in [-0.25, -0.2) is 0 Å². The summed E-state index contributed by atoms with van der Waals surface area (Å²) in [4.78, 5) is 4.77. The van der Waals surface area contributed by atoms with Gasteiger partial charge in [-0.3, -0.25) is 0 Å². The van der Waals surface area contributed by atoms with Crippen LogP contribution in [-0.2, 0) is 13.1 Å². The lowest BCUT2D eigenvalue weighted by Crippen LogP contribution is -2.11. The van der Waals surface area contributed by atoms with Crippen molar-refractivity contribution in [3.05, 3.63) is 44.1 Å². The van der Waals surface area contributed by atoms with E-state index in [-0.39, 0.29) is 0 Å². The summed E-state index contributed by atoms with van der Waals surface area (Å²) in [6, 6.07) is 8.46. The maximum absolute atomic E-state index is 5.44. The molecule has 0 spiro atoms. The Kier molecular flexibility index (Phi) is 5.67. The Morgan fingerprint density at radius 2 is 2.05 bits per heavy atom. The number of rotatable bonds is 6. The number of anilines is 1. The lowest BCUT2D eigenvalue weighted by molar-refractivity contribution is 0.400. The lowest BCUT2D eigenvalue weighted by Gasteiger charge is -2.14. The third kappa shape index (κ3) is 4.46. The van der Waals surface area contributed by atoms with Gasteiger partial charge in [-0.1, -0.05) is 6.07 Å². The molecule has 1 heterocycles. The topological polar surface area (TPSA) is 24.5 Å². The highest BCUT2D eigenvalue weighted by Crippen LogP contribution is 2.29. The summed E-state index contributed by atoms with van der Waals surface area (Å²) in [5.74, 6) is 0.879. The van der Waals surface area contributed by atoms with Gasteiger partial charge >= 0.3 is 0 Å². The van der Waals surface area contributed by atoms with E-state index in [0.29, 0.717) is 0 Å². The summed E-state index contributed by atoms with van der Waals surface area (Å²) in [7, 11) is 5.85. The Morgan fingerprint density at radius 1 is 1.29 bits per heavy atom. The van der Waals surface area contributed by atoms with Crippen LogP contribution in [-0.4, -0.2) is 26.1 Å². The summed E-state index contributed by atoms with van der Waals surface area (Å²) < 4.78 is 6.62. The molecular formula is C16H21BrN2OS. The molecule has 2 rings (SSSR count). The van der Waals surface area contributed by atoms with Crippen molar-refractivity contribution >= 4 is 33.0 Å². The van der Waals surface area contributed by atoms with Crippen molar-refractivity contribution < 1.29 is 4.74 Å². The van der Waals surface area contributed by atoms with E-state index >= 15 is 0 Å². The second-order valence-electron chi connectivity index (χ2n) is 5.24. The van der Waals surface area contributed by atoms with Crippen LogP contribution in [0.3, 0.4) is 0 Å². The van der Waals surface area contributed by atoms with E-state index in [1.807, 2.05) is 6.07 Å². The van der Waals surface area contributed by atoms with Crippen molar-refractivity contribution in [1.82, 2.24) is 4.90 Å². The fourth-order valence-corrected chi connectivity index (χ4v) is 3.69. The van der Waals surface area contributed by atoms with Crippen molar-refractivity contribution in [3.8, 4) is 5.75 Å². The molecule has 1 N–H and O–H groups in total. The number of halogens is 1. The SMILES string of the molecule is COc1ccc(CN(C)C)cc1NCc1cc(Br)c(C)s1. The van der Waals surface area contributed by atoms with Crippen molar-refractivity contribution in [3.63, 3.8) is 0 Å². The molecule has 0 aliphatic carbocycles. The summed E-state index contributed by atoms with van der Waals surface area (Å²) in [5.41, 5.74) is 2.31. The molecule has 0 saturated heterocycles. The summed E-state index contributed by atoms with van der Waals surface area (Å²) >= 11 is 5.37. The minimum absolute atomic E-state index is 0.804. The zero-order valence-electron chi connectivity index (χ0n) is 12.9. The van der Waals surface area contributed by atoms with Gasteiger partial charge in [0.05, 0.1) is 12.8 Å². The minimum atomic E-state index is 0.804. The summed E-state index contributed by atoms with van der Waals surface area (Å²) in [6.07, 6.45) is 0. The van der Waals surface area contributed by atoms with Gasteiger partial charge in [0.2, 0.25) is 0 Å². The molecule has 5 heteroatoms. The lowest BCUT2D eigenvalue weighted by atomic mass is 10.1. The Bertz CT molecular complexity index is 591. The Labute approximate surface area is 139 Å². The number of methoxy groups -OCH3 is 1. The van der Waals surface area contributed by atoms with E-state index in [0.717, 1.165) is 24.5 Å². The van der Waals surface area contributed by atoms with E-state index in [4.69, 9.17) is 4.74 Å². The van der Waals surface area contributed by atoms with Crippen molar-refractivity contribution in [2.45, 2.75) is 20.0 Å². The van der Waals surface area contributed by atoms with Crippen LogP contribution in [0.15, 0.2) is 28.7 Å². The first-order valence-corrected chi connectivity index (χ1v) is 8.41. The van der Waals surface area contributed by atoms with Gasteiger partial charge in [0, 0.05) is 27.3 Å². The van der Waals surface area contributed by atoms with Crippen LogP contribution < -0.4 is 10.1 Å². The molecule has 0 fully saturated rings. The van der Waals surface area contributed by atoms with E-state index in [1.165, 1.54) is 19.8 Å². The molecule has 0 saturated carbocycles. The van der Waals surface area contributed by atoms with Crippen molar-refractivity contribution in [2.75, 3.05) is 26.5 Å². The highest BCUT2D eigenvalue weighted by atomic mass is 79.9. The average Bonchev–Trinajstić information content (AvgIpc) is 2.75. The molecule has 1 aromatic heterocycles. The second kappa shape index (κ2) is 7.29. The molecule has 3 nitrogen and oxygen atoms in total. The number of thiophene rings is 1. The van der Waals surface area contributed by atoms with Crippen molar-refractivity contribution in [1.29, 1.82) is 0 Å². The Balaban J connectivity index is 2.13. The van der Waals surface area contributed by atoms with Gasteiger partial charge in [0.15, 0.2) is 0 Å². The first kappa shape index (κ1) is 16.3. The normalized spacial score (nSPS) is 11.0.